The predicted octanol–water partition coefficient (Wildman–Crippen LogP) is 2.52. The average Bonchev–Trinajstić information content (AvgIpc) is 3.03. The second-order valence-corrected chi connectivity index (χ2v) is 6.28. The Hall–Kier alpha value is -3.09. The zero-order valence-corrected chi connectivity index (χ0v) is 15.1. The molecule has 27 heavy (non-hydrogen) atoms. The molecule has 0 bridgehead atoms. The Balaban J connectivity index is 1.62. The maximum absolute atomic E-state index is 13.7. The number of carbonyl (C=O) groups excluding carboxylic acids is 2. The summed E-state index contributed by atoms with van der Waals surface area (Å²) in [6.45, 7) is 1.87. The third kappa shape index (κ3) is 4.19. The number of hydrogen-bond donors (Lipinski definition) is 1. The first-order chi connectivity index (χ1) is 13.0. The van der Waals surface area contributed by atoms with Gasteiger partial charge in [-0.3, -0.25) is 9.59 Å². The quantitative estimate of drug-likeness (QED) is 0.846. The lowest BCUT2D eigenvalue weighted by molar-refractivity contribution is -0.128. The molecule has 0 aliphatic carbocycles. The number of nitrogens with one attached hydrogen (secondary N) is 1. The van der Waals surface area contributed by atoms with Crippen LogP contribution in [0.5, 0.6) is 11.5 Å². The molecular weight excluding hydrogens is 351 g/mol. The van der Waals surface area contributed by atoms with Crippen LogP contribution in [0.15, 0.2) is 48.5 Å². The van der Waals surface area contributed by atoms with Gasteiger partial charge in [-0.15, -0.1) is 0 Å². The van der Waals surface area contributed by atoms with Crippen molar-refractivity contribution >= 4 is 17.5 Å². The highest BCUT2D eigenvalue weighted by Crippen LogP contribution is 2.31. The Bertz CT molecular complexity index is 842. The fraction of sp³-hybridized carbons (Fsp3) is 0.300. The molecule has 3 rings (SSSR count). The summed E-state index contributed by atoms with van der Waals surface area (Å²) in [5.74, 6) is -0.437. The first-order valence-corrected chi connectivity index (χ1v) is 8.64. The largest absolute Gasteiger partial charge is 0.495 e. The number of amides is 2. The fourth-order valence-corrected chi connectivity index (χ4v) is 2.99. The van der Waals surface area contributed by atoms with Crippen LogP contribution in [-0.2, 0) is 9.59 Å². The summed E-state index contributed by atoms with van der Waals surface area (Å²) in [5.41, 5.74) is 0.664. The van der Waals surface area contributed by atoms with E-state index < -0.39 is 17.8 Å². The minimum absolute atomic E-state index is 0.0123. The number of rotatable bonds is 6. The van der Waals surface area contributed by atoms with Crippen molar-refractivity contribution in [3.63, 3.8) is 0 Å². The van der Waals surface area contributed by atoms with Crippen molar-refractivity contribution < 1.29 is 23.5 Å². The van der Waals surface area contributed by atoms with Gasteiger partial charge >= 0.3 is 0 Å². The molecule has 1 fully saturated rings. The van der Waals surface area contributed by atoms with Crippen LogP contribution in [0, 0.1) is 5.82 Å². The molecule has 1 heterocycles. The topological polar surface area (TPSA) is 67.9 Å². The van der Waals surface area contributed by atoms with E-state index in [-0.39, 0.29) is 24.1 Å². The Kier molecular flexibility index (Phi) is 5.59. The fourth-order valence-electron chi connectivity index (χ4n) is 2.99. The van der Waals surface area contributed by atoms with Gasteiger partial charge in [-0.2, -0.15) is 0 Å². The zero-order chi connectivity index (χ0) is 19.4. The van der Waals surface area contributed by atoms with Gasteiger partial charge in [0.1, 0.15) is 5.75 Å². The Morgan fingerprint density at radius 2 is 1.85 bits per heavy atom. The van der Waals surface area contributed by atoms with Crippen LogP contribution >= 0.6 is 0 Å². The number of ether oxygens (including phenoxy) is 2. The van der Waals surface area contributed by atoms with Crippen molar-refractivity contribution in [3.05, 3.63) is 54.3 Å². The second kappa shape index (κ2) is 8.07. The van der Waals surface area contributed by atoms with E-state index in [0.29, 0.717) is 18.0 Å². The van der Waals surface area contributed by atoms with Gasteiger partial charge in [0.05, 0.1) is 18.8 Å². The van der Waals surface area contributed by atoms with Crippen molar-refractivity contribution in [1.29, 1.82) is 0 Å². The lowest BCUT2D eigenvalue weighted by atomic mass is 10.2. The van der Waals surface area contributed by atoms with E-state index in [1.54, 1.807) is 36.3 Å². The first-order valence-electron chi connectivity index (χ1n) is 8.64. The highest BCUT2D eigenvalue weighted by Gasteiger charge is 2.34. The summed E-state index contributed by atoms with van der Waals surface area (Å²) < 4.78 is 24.3. The average molecular weight is 372 g/mol. The van der Waals surface area contributed by atoms with Crippen LogP contribution in [0.4, 0.5) is 10.1 Å². The lowest BCUT2D eigenvalue weighted by Gasteiger charge is -2.21. The van der Waals surface area contributed by atoms with E-state index in [1.807, 2.05) is 12.1 Å². The molecule has 0 aromatic heterocycles. The first kappa shape index (κ1) is 18.7. The second-order valence-electron chi connectivity index (χ2n) is 6.28. The molecule has 2 atom stereocenters. The molecule has 7 heteroatoms. The molecule has 142 valence electrons. The Morgan fingerprint density at radius 3 is 2.56 bits per heavy atom. The smallest absolute Gasteiger partial charge is 0.261 e. The van der Waals surface area contributed by atoms with Crippen LogP contribution in [0.3, 0.4) is 0 Å². The van der Waals surface area contributed by atoms with Crippen molar-refractivity contribution in [2.75, 3.05) is 18.6 Å². The van der Waals surface area contributed by atoms with Crippen molar-refractivity contribution in [2.45, 2.75) is 25.5 Å². The molecule has 1 aliphatic rings. The number of nitrogens with zero attached hydrogens (tertiary/aromatic N) is 1. The Morgan fingerprint density at radius 1 is 1.19 bits per heavy atom. The van der Waals surface area contributed by atoms with Gasteiger partial charge in [-0.05, 0) is 31.2 Å². The standard InChI is InChI=1S/C20H21FN2O4/c1-13(27-17-9-5-3-7-15(17)21)20(25)22-14-11-19(24)23(12-14)16-8-4-6-10-18(16)26-2/h3-10,13-14H,11-12H2,1-2H3,(H,22,25)/t13-,14-/m0/s1. The SMILES string of the molecule is COc1ccccc1N1C[C@@H](NC(=O)[C@H](C)Oc2ccccc2F)CC1=O. The van der Waals surface area contributed by atoms with E-state index in [1.165, 1.54) is 19.1 Å². The van der Waals surface area contributed by atoms with E-state index in [2.05, 4.69) is 5.32 Å². The number of anilines is 1. The van der Waals surface area contributed by atoms with Crippen LogP contribution in [-0.4, -0.2) is 37.6 Å². The molecule has 0 spiro atoms. The molecular formula is C20H21FN2O4. The van der Waals surface area contributed by atoms with Gasteiger partial charge in [0, 0.05) is 13.0 Å². The van der Waals surface area contributed by atoms with E-state index in [4.69, 9.17) is 9.47 Å². The molecule has 2 amide bonds. The molecule has 6 nitrogen and oxygen atoms in total. The monoisotopic (exact) mass is 372 g/mol. The van der Waals surface area contributed by atoms with Gasteiger partial charge in [0.2, 0.25) is 5.91 Å². The van der Waals surface area contributed by atoms with Crippen LogP contribution in [0.2, 0.25) is 0 Å². The van der Waals surface area contributed by atoms with Crippen LogP contribution < -0.4 is 19.7 Å². The molecule has 0 radical (unpaired) electrons. The van der Waals surface area contributed by atoms with Crippen LogP contribution in [0.25, 0.3) is 0 Å². The van der Waals surface area contributed by atoms with E-state index in [9.17, 15) is 14.0 Å². The van der Waals surface area contributed by atoms with Crippen molar-refractivity contribution in [3.8, 4) is 11.5 Å². The number of hydrogen-bond acceptors (Lipinski definition) is 4. The zero-order valence-electron chi connectivity index (χ0n) is 15.1. The summed E-state index contributed by atoms with van der Waals surface area (Å²) in [7, 11) is 1.54. The van der Waals surface area contributed by atoms with Gasteiger partial charge in [-0.25, -0.2) is 4.39 Å². The molecule has 1 saturated heterocycles. The normalized spacial score (nSPS) is 17.5. The molecule has 1 N–H and O–H groups in total. The molecule has 0 saturated carbocycles. The number of methoxy groups -OCH3 is 1. The molecule has 0 unspecified atom stereocenters. The third-order valence-corrected chi connectivity index (χ3v) is 4.36. The van der Waals surface area contributed by atoms with Gasteiger partial charge in [0.15, 0.2) is 17.7 Å². The lowest BCUT2D eigenvalue weighted by Crippen LogP contribution is -2.43. The van der Waals surface area contributed by atoms with Crippen molar-refractivity contribution in [1.82, 2.24) is 5.32 Å². The summed E-state index contributed by atoms with van der Waals surface area (Å²) in [5, 5.41) is 2.80. The van der Waals surface area contributed by atoms with Gasteiger partial charge in [0.25, 0.3) is 5.91 Å². The Labute approximate surface area is 156 Å². The minimum Gasteiger partial charge on any atom is -0.495 e. The summed E-state index contributed by atoms with van der Waals surface area (Å²) in [6, 6.07) is 12.8. The highest BCUT2D eigenvalue weighted by molar-refractivity contribution is 5.98. The van der Waals surface area contributed by atoms with E-state index >= 15 is 0 Å². The summed E-state index contributed by atoms with van der Waals surface area (Å²) in [4.78, 5) is 26.3. The minimum atomic E-state index is -0.891. The van der Waals surface area contributed by atoms with Gasteiger partial charge in [-0.1, -0.05) is 24.3 Å². The van der Waals surface area contributed by atoms with E-state index in [0.717, 1.165) is 0 Å². The number of halogens is 1. The molecule has 2 aromatic rings. The maximum atomic E-state index is 13.7. The van der Waals surface area contributed by atoms with Crippen molar-refractivity contribution in [2.24, 2.45) is 0 Å². The van der Waals surface area contributed by atoms with Crippen LogP contribution in [0.1, 0.15) is 13.3 Å². The number of benzene rings is 2. The third-order valence-electron chi connectivity index (χ3n) is 4.36. The number of para-hydroxylation sites is 3. The van der Waals surface area contributed by atoms with Gasteiger partial charge < -0.3 is 19.7 Å². The maximum Gasteiger partial charge on any atom is 0.261 e. The summed E-state index contributed by atoms with van der Waals surface area (Å²) in [6.07, 6.45) is -0.715. The molecule has 1 aliphatic heterocycles. The number of carbonyl (C=O) groups is 2. The predicted molar refractivity (Wildman–Crippen MR) is 98.4 cm³/mol. The molecule has 2 aromatic carbocycles. The highest BCUT2D eigenvalue weighted by atomic mass is 19.1. The summed E-state index contributed by atoms with van der Waals surface area (Å²) >= 11 is 0.